The van der Waals surface area contributed by atoms with Crippen molar-refractivity contribution in [2.75, 3.05) is 13.7 Å². The van der Waals surface area contributed by atoms with Crippen molar-refractivity contribution in [3.05, 3.63) is 65.5 Å². The minimum atomic E-state index is -0.189. The van der Waals surface area contributed by atoms with Crippen molar-refractivity contribution in [1.82, 2.24) is 5.32 Å². The Balaban J connectivity index is 2.15. The molecule has 0 fully saturated rings. The third kappa shape index (κ3) is 4.57. The Morgan fingerprint density at radius 1 is 1.14 bits per heavy atom. The summed E-state index contributed by atoms with van der Waals surface area (Å²) < 4.78 is 18.6. The van der Waals surface area contributed by atoms with Gasteiger partial charge in [-0.3, -0.25) is 0 Å². The summed E-state index contributed by atoms with van der Waals surface area (Å²) in [4.78, 5) is 0. The minimum Gasteiger partial charge on any atom is -0.497 e. The van der Waals surface area contributed by atoms with Crippen LogP contribution >= 0.6 is 0 Å². The molecule has 2 aromatic rings. The van der Waals surface area contributed by atoms with Crippen molar-refractivity contribution >= 4 is 0 Å². The highest BCUT2D eigenvalue weighted by molar-refractivity contribution is 5.29. The molecule has 21 heavy (non-hydrogen) atoms. The van der Waals surface area contributed by atoms with Gasteiger partial charge >= 0.3 is 0 Å². The molecule has 0 spiro atoms. The van der Waals surface area contributed by atoms with E-state index in [9.17, 15) is 4.39 Å². The fourth-order valence-electron chi connectivity index (χ4n) is 2.35. The summed E-state index contributed by atoms with van der Waals surface area (Å²) in [5.41, 5.74) is 2.19. The Labute approximate surface area is 126 Å². The van der Waals surface area contributed by atoms with Gasteiger partial charge in [0.2, 0.25) is 0 Å². The van der Waals surface area contributed by atoms with E-state index in [0.29, 0.717) is 0 Å². The van der Waals surface area contributed by atoms with Crippen LogP contribution in [0.4, 0.5) is 4.39 Å². The summed E-state index contributed by atoms with van der Waals surface area (Å²) in [6, 6.07) is 15.0. The second kappa shape index (κ2) is 7.79. The third-order valence-corrected chi connectivity index (χ3v) is 3.49. The molecule has 2 rings (SSSR count). The summed E-state index contributed by atoms with van der Waals surface area (Å²) in [5, 5.41) is 3.49. The van der Waals surface area contributed by atoms with E-state index in [1.807, 2.05) is 18.2 Å². The van der Waals surface area contributed by atoms with Crippen LogP contribution in [0.2, 0.25) is 0 Å². The van der Waals surface area contributed by atoms with Crippen LogP contribution in [0.15, 0.2) is 48.5 Å². The Morgan fingerprint density at radius 2 is 1.90 bits per heavy atom. The molecule has 0 amide bonds. The van der Waals surface area contributed by atoms with Gasteiger partial charge in [-0.15, -0.1) is 0 Å². The maximum absolute atomic E-state index is 13.4. The van der Waals surface area contributed by atoms with Gasteiger partial charge in [-0.1, -0.05) is 31.2 Å². The largest absolute Gasteiger partial charge is 0.497 e. The zero-order valence-electron chi connectivity index (χ0n) is 12.6. The van der Waals surface area contributed by atoms with E-state index in [-0.39, 0.29) is 11.9 Å². The monoisotopic (exact) mass is 287 g/mol. The molecule has 0 aliphatic rings. The molecule has 2 nitrogen and oxygen atoms in total. The first-order valence-electron chi connectivity index (χ1n) is 7.34. The van der Waals surface area contributed by atoms with Crippen molar-refractivity contribution in [2.45, 2.75) is 25.8 Å². The summed E-state index contributed by atoms with van der Waals surface area (Å²) in [6.07, 6.45) is 1.88. The van der Waals surface area contributed by atoms with Crippen molar-refractivity contribution in [1.29, 1.82) is 0 Å². The summed E-state index contributed by atoms with van der Waals surface area (Å²) in [6.45, 7) is 3.04. The molecule has 0 heterocycles. The molecular formula is C18H22FNO. The lowest BCUT2D eigenvalue weighted by molar-refractivity contribution is 0.414. The number of rotatable bonds is 7. The Kier molecular flexibility index (Phi) is 5.76. The normalized spacial score (nSPS) is 12.1. The first kappa shape index (κ1) is 15.5. The molecule has 0 bridgehead atoms. The van der Waals surface area contributed by atoms with Gasteiger partial charge in [0, 0.05) is 6.04 Å². The number of benzene rings is 2. The number of nitrogens with one attached hydrogen (secondary N) is 1. The number of hydrogen-bond donors (Lipinski definition) is 1. The number of hydrogen-bond acceptors (Lipinski definition) is 2. The van der Waals surface area contributed by atoms with Crippen LogP contribution in [0.3, 0.4) is 0 Å². The van der Waals surface area contributed by atoms with Gasteiger partial charge in [0.1, 0.15) is 11.6 Å². The predicted octanol–water partition coefficient (Wildman–Crippen LogP) is 4.12. The van der Waals surface area contributed by atoms with Gasteiger partial charge in [0.15, 0.2) is 0 Å². The fourth-order valence-corrected chi connectivity index (χ4v) is 2.35. The smallest absolute Gasteiger partial charge is 0.123 e. The first-order chi connectivity index (χ1) is 10.2. The van der Waals surface area contributed by atoms with Crippen LogP contribution in [0, 0.1) is 5.82 Å². The molecule has 0 aliphatic carbocycles. The average molecular weight is 287 g/mol. The summed E-state index contributed by atoms with van der Waals surface area (Å²) in [7, 11) is 1.66. The van der Waals surface area contributed by atoms with Gasteiger partial charge in [0.25, 0.3) is 0 Å². The molecule has 1 atom stereocenters. The van der Waals surface area contributed by atoms with Crippen LogP contribution in [-0.2, 0) is 6.42 Å². The average Bonchev–Trinajstić information content (AvgIpc) is 2.52. The van der Waals surface area contributed by atoms with Crippen LogP contribution in [-0.4, -0.2) is 13.7 Å². The van der Waals surface area contributed by atoms with Crippen LogP contribution in [0.1, 0.15) is 30.5 Å². The van der Waals surface area contributed by atoms with E-state index in [4.69, 9.17) is 4.74 Å². The fraction of sp³-hybridized carbons (Fsp3) is 0.333. The molecule has 0 aromatic heterocycles. The molecule has 112 valence electrons. The number of halogens is 1. The Hall–Kier alpha value is -1.87. The molecule has 0 radical (unpaired) electrons. The molecule has 0 aliphatic heterocycles. The van der Waals surface area contributed by atoms with E-state index in [2.05, 4.69) is 24.4 Å². The molecule has 1 unspecified atom stereocenters. The van der Waals surface area contributed by atoms with Crippen molar-refractivity contribution in [3.63, 3.8) is 0 Å². The highest BCUT2D eigenvalue weighted by Gasteiger charge is 2.12. The SMILES string of the molecule is CCCNC(Cc1ccc(OC)cc1)c1cccc(F)c1. The van der Waals surface area contributed by atoms with E-state index >= 15 is 0 Å². The van der Waals surface area contributed by atoms with Gasteiger partial charge < -0.3 is 10.1 Å². The lowest BCUT2D eigenvalue weighted by atomic mass is 9.98. The number of methoxy groups -OCH3 is 1. The first-order valence-corrected chi connectivity index (χ1v) is 7.34. The van der Waals surface area contributed by atoms with E-state index < -0.39 is 0 Å². The van der Waals surface area contributed by atoms with Crippen molar-refractivity contribution in [3.8, 4) is 5.75 Å². The topological polar surface area (TPSA) is 21.3 Å². The van der Waals surface area contributed by atoms with Gasteiger partial charge in [-0.05, 0) is 54.8 Å². The standard InChI is InChI=1S/C18H22FNO/c1-3-11-20-18(15-5-4-6-16(19)13-15)12-14-7-9-17(21-2)10-8-14/h4-10,13,18,20H,3,11-12H2,1-2H3. The predicted molar refractivity (Wildman–Crippen MR) is 84.1 cm³/mol. The highest BCUT2D eigenvalue weighted by Crippen LogP contribution is 2.21. The molecule has 3 heteroatoms. The van der Waals surface area contributed by atoms with Gasteiger partial charge in [-0.2, -0.15) is 0 Å². The van der Waals surface area contributed by atoms with Crippen LogP contribution < -0.4 is 10.1 Å². The quantitative estimate of drug-likeness (QED) is 0.827. The minimum absolute atomic E-state index is 0.119. The van der Waals surface area contributed by atoms with Crippen LogP contribution in [0.5, 0.6) is 5.75 Å². The Morgan fingerprint density at radius 3 is 2.52 bits per heavy atom. The van der Waals surface area contributed by atoms with Crippen molar-refractivity contribution in [2.24, 2.45) is 0 Å². The van der Waals surface area contributed by atoms with Crippen LogP contribution in [0.25, 0.3) is 0 Å². The molecule has 1 N–H and O–H groups in total. The van der Waals surface area contributed by atoms with E-state index in [1.165, 1.54) is 11.6 Å². The third-order valence-electron chi connectivity index (χ3n) is 3.49. The van der Waals surface area contributed by atoms with E-state index in [0.717, 1.165) is 30.7 Å². The molecular weight excluding hydrogens is 265 g/mol. The zero-order chi connectivity index (χ0) is 15.1. The van der Waals surface area contributed by atoms with Gasteiger partial charge in [-0.25, -0.2) is 4.39 Å². The zero-order valence-corrected chi connectivity index (χ0v) is 12.6. The summed E-state index contributed by atoms with van der Waals surface area (Å²) >= 11 is 0. The lowest BCUT2D eigenvalue weighted by Crippen LogP contribution is -2.24. The number of ether oxygens (including phenoxy) is 1. The Bertz CT molecular complexity index is 553. The maximum atomic E-state index is 13.4. The summed E-state index contributed by atoms with van der Waals surface area (Å²) in [5.74, 6) is 0.660. The van der Waals surface area contributed by atoms with Crippen molar-refractivity contribution < 1.29 is 9.13 Å². The maximum Gasteiger partial charge on any atom is 0.123 e. The molecule has 0 saturated heterocycles. The second-order valence-corrected chi connectivity index (χ2v) is 5.11. The molecule has 2 aromatic carbocycles. The van der Waals surface area contributed by atoms with E-state index in [1.54, 1.807) is 19.2 Å². The highest BCUT2D eigenvalue weighted by atomic mass is 19.1. The lowest BCUT2D eigenvalue weighted by Gasteiger charge is -2.19. The second-order valence-electron chi connectivity index (χ2n) is 5.11. The van der Waals surface area contributed by atoms with Gasteiger partial charge in [0.05, 0.1) is 7.11 Å². The molecule has 0 saturated carbocycles.